The Morgan fingerprint density at radius 3 is 2.75 bits per heavy atom. The maximum absolute atomic E-state index is 4.79. The van der Waals surface area contributed by atoms with E-state index >= 15 is 0 Å². The average molecular weight is 274 g/mol. The zero-order valence-corrected chi connectivity index (χ0v) is 12.7. The second-order valence-corrected chi connectivity index (χ2v) is 6.42. The predicted molar refractivity (Wildman–Crippen MR) is 81.5 cm³/mol. The quantitative estimate of drug-likeness (QED) is 0.851. The number of pyridine rings is 1. The van der Waals surface area contributed by atoms with Gasteiger partial charge in [-0.15, -0.1) is 0 Å². The summed E-state index contributed by atoms with van der Waals surface area (Å²) in [6.45, 7) is 4.26. The number of likely N-dealkylation sites (tertiary alicyclic amines) is 1. The Kier molecular flexibility index (Phi) is 4.34. The van der Waals surface area contributed by atoms with Crippen molar-refractivity contribution in [1.82, 2.24) is 20.1 Å². The minimum absolute atomic E-state index is 0.703. The number of likely N-dealkylation sites (N-methyl/N-ethyl adjacent to an activating group) is 1. The van der Waals surface area contributed by atoms with E-state index in [4.69, 9.17) is 4.98 Å². The average Bonchev–Trinajstić information content (AvgIpc) is 3.15. The summed E-state index contributed by atoms with van der Waals surface area (Å²) in [6.07, 6.45) is 3.94. The molecule has 1 N–H and O–H groups in total. The van der Waals surface area contributed by atoms with Gasteiger partial charge in [0.15, 0.2) is 0 Å². The van der Waals surface area contributed by atoms with Crippen molar-refractivity contribution in [3.05, 3.63) is 29.6 Å². The van der Waals surface area contributed by atoms with E-state index in [1.165, 1.54) is 43.7 Å². The number of aromatic nitrogens is 1. The highest BCUT2D eigenvalue weighted by molar-refractivity contribution is 5.12. The molecule has 1 aliphatic heterocycles. The van der Waals surface area contributed by atoms with Crippen LogP contribution >= 0.6 is 0 Å². The zero-order valence-electron chi connectivity index (χ0n) is 12.7. The minimum Gasteiger partial charge on any atom is -0.308 e. The topological polar surface area (TPSA) is 31.4 Å². The zero-order chi connectivity index (χ0) is 13.9. The molecular formula is C16H26N4. The molecular weight excluding hydrogens is 248 g/mol. The van der Waals surface area contributed by atoms with E-state index in [1.807, 2.05) is 0 Å². The van der Waals surface area contributed by atoms with Crippen molar-refractivity contribution in [2.45, 2.75) is 44.4 Å². The van der Waals surface area contributed by atoms with Gasteiger partial charge >= 0.3 is 0 Å². The van der Waals surface area contributed by atoms with Crippen molar-refractivity contribution in [2.75, 3.05) is 27.2 Å². The summed E-state index contributed by atoms with van der Waals surface area (Å²) in [7, 11) is 4.35. The highest BCUT2D eigenvalue weighted by Gasteiger charge is 2.24. The predicted octanol–water partition coefficient (Wildman–Crippen LogP) is 1.47. The van der Waals surface area contributed by atoms with Crippen LogP contribution in [0.4, 0.5) is 0 Å². The molecule has 4 heteroatoms. The van der Waals surface area contributed by atoms with Gasteiger partial charge in [0.2, 0.25) is 0 Å². The number of hydrogen-bond acceptors (Lipinski definition) is 4. The Morgan fingerprint density at radius 1 is 1.25 bits per heavy atom. The largest absolute Gasteiger partial charge is 0.308 e. The van der Waals surface area contributed by atoms with E-state index < -0.39 is 0 Å². The molecule has 1 aromatic heterocycles. The van der Waals surface area contributed by atoms with Crippen LogP contribution in [0.5, 0.6) is 0 Å². The highest BCUT2D eigenvalue weighted by atomic mass is 15.2. The van der Waals surface area contributed by atoms with Gasteiger partial charge < -0.3 is 10.2 Å². The molecule has 4 nitrogen and oxygen atoms in total. The third-order valence-corrected chi connectivity index (χ3v) is 4.38. The van der Waals surface area contributed by atoms with Crippen LogP contribution in [0, 0.1) is 0 Å². The van der Waals surface area contributed by atoms with Gasteiger partial charge in [-0.05, 0) is 45.5 Å². The van der Waals surface area contributed by atoms with Gasteiger partial charge in [0.25, 0.3) is 0 Å². The molecule has 1 saturated heterocycles. The van der Waals surface area contributed by atoms with Gasteiger partial charge in [0, 0.05) is 38.3 Å². The summed E-state index contributed by atoms with van der Waals surface area (Å²) in [5.74, 6) is 0. The van der Waals surface area contributed by atoms with E-state index in [9.17, 15) is 0 Å². The maximum atomic E-state index is 4.79. The molecule has 1 atom stereocenters. The van der Waals surface area contributed by atoms with Gasteiger partial charge in [0.05, 0.1) is 11.4 Å². The van der Waals surface area contributed by atoms with Gasteiger partial charge in [-0.2, -0.15) is 0 Å². The van der Waals surface area contributed by atoms with Crippen molar-refractivity contribution in [3.8, 4) is 0 Å². The Bertz CT molecular complexity index is 442. The van der Waals surface area contributed by atoms with E-state index in [0.717, 1.165) is 19.1 Å². The maximum Gasteiger partial charge on any atom is 0.0547 e. The van der Waals surface area contributed by atoms with Gasteiger partial charge in [-0.1, -0.05) is 6.07 Å². The molecule has 0 amide bonds. The Balaban J connectivity index is 1.53. The Hall–Kier alpha value is -0.970. The van der Waals surface area contributed by atoms with Crippen LogP contribution in [0.1, 0.15) is 30.7 Å². The third-order valence-electron chi connectivity index (χ3n) is 4.38. The third kappa shape index (κ3) is 3.78. The fraction of sp³-hybridized carbons (Fsp3) is 0.688. The molecule has 2 heterocycles. The molecule has 1 aliphatic carbocycles. The molecule has 1 saturated carbocycles. The molecule has 2 fully saturated rings. The summed E-state index contributed by atoms with van der Waals surface area (Å²) in [5.41, 5.74) is 2.39. The van der Waals surface area contributed by atoms with E-state index in [-0.39, 0.29) is 0 Å². The number of rotatable bonds is 6. The van der Waals surface area contributed by atoms with Gasteiger partial charge in [0.1, 0.15) is 0 Å². The fourth-order valence-corrected chi connectivity index (χ4v) is 2.86. The van der Waals surface area contributed by atoms with Crippen molar-refractivity contribution >= 4 is 0 Å². The molecule has 20 heavy (non-hydrogen) atoms. The van der Waals surface area contributed by atoms with Crippen LogP contribution in [0.2, 0.25) is 0 Å². The molecule has 0 aromatic carbocycles. The number of hydrogen-bond donors (Lipinski definition) is 1. The summed E-state index contributed by atoms with van der Waals surface area (Å²) >= 11 is 0. The molecule has 1 unspecified atom stereocenters. The molecule has 0 bridgehead atoms. The first-order valence-electron chi connectivity index (χ1n) is 7.77. The van der Waals surface area contributed by atoms with Crippen molar-refractivity contribution in [2.24, 2.45) is 0 Å². The fourth-order valence-electron chi connectivity index (χ4n) is 2.86. The van der Waals surface area contributed by atoms with Crippen LogP contribution in [0.15, 0.2) is 18.2 Å². The second-order valence-electron chi connectivity index (χ2n) is 6.42. The molecule has 110 valence electrons. The summed E-state index contributed by atoms with van der Waals surface area (Å²) < 4.78 is 0. The number of nitrogens with one attached hydrogen (secondary N) is 1. The smallest absolute Gasteiger partial charge is 0.0547 e. The standard InChI is InChI=1S/C16H26N4/c1-19(2)16-8-9-20(12-16)11-15-5-3-4-14(18-15)10-17-13-6-7-13/h3-5,13,16-17H,6-12H2,1-2H3. The Morgan fingerprint density at radius 2 is 2.05 bits per heavy atom. The van der Waals surface area contributed by atoms with Crippen molar-refractivity contribution in [1.29, 1.82) is 0 Å². The number of nitrogens with zero attached hydrogens (tertiary/aromatic N) is 3. The summed E-state index contributed by atoms with van der Waals surface area (Å²) in [5, 5.41) is 3.53. The monoisotopic (exact) mass is 274 g/mol. The van der Waals surface area contributed by atoms with Crippen LogP contribution in [-0.2, 0) is 13.1 Å². The lowest BCUT2D eigenvalue weighted by molar-refractivity contribution is 0.263. The van der Waals surface area contributed by atoms with Gasteiger partial charge in [-0.25, -0.2) is 0 Å². The first kappa shape index (κ1) is 14.0. The second kappa shape index (κ2) is 6.20. The summed E-state index contributed by atoms with van der Waals surface area (Å²) in [4.78, 5) is 9.64. The van der Waals surface area contributed by atoms with E-state index in [0.29, 0.717) is 6.04 Å². The van der Waals surface area contributed by atoms with Crippen LogP contribution in [0.3, 0.4) is 0 Å². The van der Waals surface area contributed by atoms with Crippen LogP contribution in [-0.4, -0.2) is 54.1 Å². The van der Waals surface area contributed by atoms with Crippen molar-refractivity contribution in [3.63, 3.8) is 0 Å². The van der Waals surface area contributed by atoms with Gasteiger partial charge in [-0.3, -0.25) is 9.88 Å². The normalized spacial score (nSPS) is 23.6. The van der Waals surface area contributed by atoms with Crippen LogP contribution < -0.4 is 5.32 Å². The first-order valence-corrected chi connectivity index (χ1v) is 7.77. The molecule has 2 aliphatic rings. The lowest BCUT2D eigenvalue weighted by atomic mass is 10.2. The molecule has 3 rings (SSSR count). The first-order chi connectivity index (χ1) is 9.70. The van der Waals surface area contributed by atoms with Crippen molar-refractivity contribution < 1.29 is 0 Å². The molecule has 1 aromatic rings. The van der Waals surface area contributed by atoms with E-state index in [1.54, 1.807) is 0 Å². The lowest BCUT2D eigenvalue weighted by Crippen LogP contribution is -2.31. The highest BCUT2D eigenvalue weighted by Crippen LogP contribution is 2.19. The minimum atomic E-state index is 0.703. The Labute approximate surface area is 122 Å². The summed E-state index contributed by atoms with van der Waals surface area (Å²) in [6, 6.07) is 7.88. The lowest BCUT2D eigenvalue weighted by Gasteiger charge is -2.20. The molecule has 0 spiro atoms. The molecule has 0 radical (unpaired) electrons. The SMILES string of the molecule is CN(C)C1CCN(Cc2cccc(CNC3CC3)n2)C1. The van der Waals surface area contributed by atoms with Crippen LogP contribution in [0.25, 0.3) is 0 Å². The van der Waals surface area contributed by atoms with E-state index in [2.05, 4.69) is 47.4 Å².